The lowest BCUT2D eigenvalue weighted by molar-refractivity contribution is -0.155. The van der Waals surface area contributed by atoms with E-state index in [4.69, 9.17) is 9.57 Å². The number of hydroxylamine groups is 2. The fraction of sp³-hybridized carbons (Fsp3) is 0.345. The second-order valence-electron chi connectivity index (χ2n) is 9.85. The quantitative estimate of drug-likeness (QED) is 0.403. The molecule has 0 aliphatic carbocycles. The van der Waals surface area contributed by atoms with Crippen LogP contribution >= 0.6 is 0 Å². The Bertz CT molecular complexity index is 1090. The number of nitrogens with zero attached hydrogens (tertiary/aromatic N) is 1. The summed E-state index contributed by atoms with van der Waals surface area (Å²) in [5, 5.41) is 1.76. The monoisotopic (exact) mass is 443 g/mol. The predicted octanol–water partition coefficient (Wildman–Crippen LogP) is 7.10. The zero-order valence-electron chi connectivity index (χ0n) is 20.0. The number of rotatable bonds is 4. The third-order valence-corrected chi connectivity index (χ3v) is 6.06. The molecular weight excluding hydrogens is 410 g/mol. The van der Waals surface area contributed by atoms with Crippen LogP contribution in [0.5, 0.6) is 0 Å². The van der Waals surface area contributed by atoms with Crippen LogP contribution in [0.4, 0.5) is 4.79 Å². The molecule has 33 heavy (non-hydrogen) atoms. The zero-order valence-corrected chi connectivity index (χ0v) is 20.0. The molecule has 4 nitrogen and oxygen atoms in total. The molecule has 0 radical (unpaired) electrons. The summed E-state index contributed by atoms with van der Waals surface area (Å²) in [4.78, 5) is 17.9. The van der Waals surface area contributed by atoms with Gasteiger partial charge in [-0.1, -0.05) is 84.4 Å². The lowest BCUT2D eigenvalue weighted by Crippen LogP contribution is -2.40. The minimum Gasteiger partial charge on any atom is -0.427 e. The summed E-state index contributed by atoms with van der Waals surface area (Å²) in [5.74, 6) is 0.533. The molecule has 4 heteroatoms. The van der Waals surface area contributed by atoms with Crippen LogP contribution in [-0.2, 0) is 9.57 Å². The standard InChI is InChI=1S/C29H33NO3/c1-21-10-8-13-23(18-21)24-14-9-15-25(19-24)27-20-30(33-28(31)32-29(2,3)4)17-16-26(27)22-11-6-5-7-12-22/h5-15,18-19,26-27H,16-17,20H2,1-4H3/t26-,27-/m1/s1. The van der Waals surface area contributed by atoms with Crippen LogP contribution in [-0.4, -0.2) is 29.9 Å². The van der Waals surface area contributed by atoms with Crippen molar-refractivity contribution < 1.29 is 14.4 Å². The van der Waals surface area contributed by atoms with Crippen LogP contribution in [0.15, 0.2) is 78.9 Å². The maximum Gasteiger partial charge on any atom is 0.528 e. The maximum absolute atomic E-state index is 12.3. The Hall–Kier alpha value is -3.11. The van der Waals surface area contributed by atoms with Crippen molar-refractivity contribution in [3.05, 3.63) is 95.6 Å². The van der Waals surface area contributed by atoms with Crippen molar-refractivity contribution in [2.45, 2.75) is 51.6 Å². The molecule has 1 aliphatic rings. The number of hydrogen-bond acceptors (Lipinski definition) is 4. The first-order chi connectivity index (χ1) is 15.8. The van der Waals surface area contributed by atoms with Crippen LogP contribution in [0, 0.1) is 6.92 Å². The van der Waals surface area contributed by atoms with Crippen LogP contribution in [0.1, 0.15) is 55.7 Å². The van der Waals surface area contributed by atoms with Crippen LogP contribution < -0.4 is 0 Å². The first-order valence-electron chi connectivity index (χ1n) is 11.7. The highest BCUT2D eigenvalue weighted by Crippen LogP contribution is 2.40. The lowest BCUT2D eigenvalue weighted by Gasteiger charge is -2.38. The Morgan fingerprint density at radius 3 is 2.21 bits per heavy atom. The van der Waals surface area contributed by atoms with Gasteiger partial charge < -0.3 is 9.57 Å². The molecule has 0 spiro atoms. The molecule has 0 bridgehead atoms. The largest absolute Gasteiger partial charge is 0.528 e. The average Bonchev–Trinajstić information content (AvgIpc) is 2.78. The molecule has 3 aromatic rings. The smallest absolute Gasteiger partial charge is 0.427 e. The average molecular weight is 444 g/mol. The Morgan fingerprint density at radius 2 is 1.52 bits per heavy atom. The van der Waals surface area contributed by atoms with E-state index in [1.807, 2.05) is 20.8 Å². The number of piperidine rings is 1. The summed E-state index contributed by atoms with van der Waals surface area (Å²) in [6.07, 6.45) is 0.250. The van der Waals surface area contributed by atoms with Gasteiger partial charge in [-0.25, -0.2) is 4.79 Å². The first kappa shape index (κ1) is 23.1. The summed E-state index contributed by atoms with van der Waals surface area (Å²) in [6.45, 7) is 8.94. The Morgan fingerprint density at radius 1 is 0.848 bits per heavy atom. The molecule has 4 rings (SSSR count). The van der Waals surface area contributed by atoms with Crippen LogP contribution in [0.3, 0.4) is 0 Å². The van der Waals surface area contributed by atoms with E-state index >= 15 is 0 Å². The summed E-state index contributed by atoms with van der Waals surface area (Å²) in [5.41, 5.74) is 5.65. The van der Waals surface area contributed by atoms with Crippen molar-refractivity contribution in [3.63, 3.8) is 0 Å². The van der Waals surface area contributed by atoms with Gasteiger partial charge in [0.15, 0.2) is 0 Å². The van der Waals surface area contributed by atoms with Gasteiger partial charge in [-0.2, -0.15) is 0 Å². The van der Waals surface area contributed by atoms with E-state index < -0.39 is 11.8 Å². The summed E-state index contributed by atoms with van der Waals surface area (Å²) in [7, 11) is 0. The van der Waals surface area contributed by atoms with Crippen molar-refractivity contribution in [3.8, 4) is 11.1 Å². The minimum absolute atomic E-state index is 0.188. The Balaban J connectivity index is 1.62. The molecule has 0 saturated carbocycles. The maximum atomic E-state index is 12.3. The second-order valence-corrected chi connectivity index (χ2v) is 9.85. The summed E-state index contributed by atoms with van der Waals surface area (Å²) >= 11 is 0. The molecule has 1 saturated heterocycles. The van der Waals surface area contributed by atoms with E-state index in [2.05, 4.69) is 85.8 Å². The molecule has 0 unspecified atom stereocenters. The minimum atomic E-state index is -0.645. The number of carbonyl (C=O) groups excluding carboxylic acids is 1. The molecular formula is C29H33NO3. The Labute approximate surface area is 197 Å². The van der Waals surface area contributed by atoms with Gasteiger partial charge >= 0.3 is 6.16 Å². The van der Waals surface area contributed by atoms with Gasteiger partial charge in [0.25, 0.3) is 0 Å². The number of hydrogen-bond donors (Lipinski definition) is 0. The topological polar surface area (TPSA) is 38.8 Å². The van der Waals surface area contributed by atoms with E-state index in [0.29, 0.717) is 19.0 Å². The van der Waals surface area contributed by atoms with E-state index in [1.54, 1.807) is 5.06 Å². The fourth-order valence-electron chi connectivity index (χ4n) is 4.59. The second kappa shape index (κ2) is 9.80. The van der Waals surface area contributed by atoms with Gasteiger partial charge in [-0.05, 0) is 62.3 Å². The van der Waals surface area contributed by atoms with Crippen molar-refractivity contribution in [1.82, 2.24) is 5.06 Å². The van der Waals surface area contributed by atoms with Crippen molar-refractivity contribution >= 4 is 6.16 Å². The molecule has 0 N–H and O–H groups in total. The molecule has 0 aromatic heterocycles. The number of carbonyl (C=O) groups is 1. The summed E-state index contributed by atoms with van der Waals surface area (Å²) < 4.78 is 5.38. The van der Waals surface area contributed by atoms with Gasteiger partial charge in [-0.15, -0.1) is 5.06 Å². The fourth-order valence-corrected chi connectivity index (χ4v) is 4.59. The van der Waals surface area contributed by atoms with Crippen LogP contribution in [0.25, 0.3) is 11.1 Å². The molecule has 1 heterocycles. The number of benzene rings is 3. The zero-order chi connectivity index (χ0) is 23.4. The third kappa shape index (κ3) is 6.02. The highest BCUT2D eigenvalue weighted by Gasteiger charge is 2.34. The van der Waals surface area contributed by atoms with Gasteiger partial charge in [0, 0.05) is 19.0 Å². The molecule has 2 atom stereocenters. The van der Waals surface area contributed by atoms with Crippen molar-refractivity contribution in [1.29, 1.82) is 0 Å². The third-order valence-electron chi connectivity index (χ3n) is 6.06. The molecule has 172 valence electrons. The van der Waals surface area contributed by atoms with Gasteiger partial charge in [0.1, 0.15) is 5.60 Å². The van der Waals surface area contributed by atoms with Gasteiger partial charge in [-0.3, -0.25) is 0 Å². The lowest BCUT2D eigenvalue weighted by atomic mass is 9.77. The molecule has 1 aliphatic heterocycles. The highest BCUT2D eigenvalue weighted by atomic mass is 16.8. The van der Waals surface area contributed by atoms with E-state index in [9.17, 15) is 4.79 Å². The number of aryl methyl sites for hydroxylation is 1. The first-order valence-corrected chi connectivity index (χ1v) is 11.7. The van der Waals surface area contributed by atoms with Gasteiger partial charge in [0.2, 0.25) is 0 Å². The van der Waals surface area contributed by atoms with E-state index in [1.165, 1.54) is 27.8 Å². The molecule has 0 amide bonds. The highest BCUT2D eigenvalue weighted by molar-refractivity contribution is 5.65. The van der Waals surface area contributed by atoms with Crippen LogP contribution in [0.2, 0.25) is 0 Å². The molecule has 1 fully saturated rings. The van der Waals surface area contributed by atoms with E-state index in [0.717, 1.165) is 6.42 Å². The molecule has 3 aromatic carbocycles. The SMILES string of the molecule is Cc1cccc(-c2cccc([C@H]3CN(OC(=O)OC(C)(C)C)CC[C@@H]3c3ccccc3)c2)c1. The van der Waals surface area contributed by atoms with E-state index in [-0.39, 0.29) is 5.92 Å². The van der Waals surface area contributed by atoms with Crippen molar-refractivity contribution in [2.24, 2.45) is 0 Å². The van der Waals surface area contributed by atoms with Crippen molar-refractivity contribution in [2.75, 3.05) is 13.1 Å². The summed E-state index contributed by atoms with van der Waals surface area (Å²) in [6, 6.07) is 28.0. The number of ether oxygens (including phenoxy) is 1. The normalized spacial score (nSPS) is 19.2. The predicted molar refractivity (Wildman–Crippen MR) is 132 cm³/mol. The van der Waals surface area contributed by atoms with Gasteiger partial charge in [0.05, 0.1) is 0 Å². The Kier molecular flexibility index (Phi) is 6.85.